The number of hydrogen-bond donors (Lipinski definition) is 0. The van der Waals surface area contributed by atoms with E-state index < -0.39 is 0 Å². The summed E-state index contributed by atoms with van der Waals surface area (Å²) in [6.45, 7) is 3.99. The average Bonchev–Trinajstić information content (AvgIpc) is 2.27. The Kier molecular flexibility index (Phi) is 4.18. The predicted octanol–water partition coefficient (Wildman–Crippen LogP) is 3.29. The van der Waals surface area contributed by atoms with E-state index >= 15 is 0 Å². The van der Waals surface area contributed by atoms with Crippen molar-refractivity contribution in [3.8, 4) is 11.5 Å². The van der Waals surface area contributed by atoms with Crippen LogP contribution >= 0.6 is 12.4 Å². The standard InChI is InChI=1S/C13H15NO2.ClH/c1-8-5-10-6-12(15-3)13(16-4)7-11(10)9(2)14-8;/h5-7H,1-4H3;1H. The van der Waals surface area contributed by atoms with E-state index in [0.717, 1.165) is 33.7 Å². The third-order valence-corrected chi connectivity index (χ3v) is 2.65. The zero-order valence-electron chi connectivity index (χ0n) is 10.4. The molecule has 0 amide bonds. The highest BCUT2D eigenvalue weighted by molar-refractivity contribution is 5.88. The van der Waals surface area contributed by atoms with E-state index in [1.54, 1.807) is 14.2 Å². The highest BCUT2D eigenvalue weighted by atomic mass is 35.5. The number of aryl methyl sites for hydroxylation is 2. The molecular formula is C13H16ClNO2. The molecule has 0 radical (unpaired) electrons. The summed E-state index contributed by atoms with van der Waals surface area (Å²) in [5.41, 5.74) is 2.02. The van der Waals surface area contributed by atoms with Gasteiger partial charge < -0.3 is 9.47 Å². The molecule has 1 aromatic heterocycles. The molecule has 2 rings (SSSR count). The number of aromatic nitrogens is 1. The highest BCUT2D eigenvalue weighted by Gasteiger charge is 2.08. The van der Waals surface area contributed by atoms with Crippen molar-refractivity contribution in [1.29, 1.82) is 0 Å². The molecule has 17 heavy (non-hydrogen) atoms. The summed E-state index contributed by atoms with van der Waals surface area (Å²) in [7, 11) is 3.28. The van der Waals surface area contributed by atoms with Crippen LogP contribution in [0.5, 0.6) is 11.5 Å². The van der Waals surface area contributed by atoms with Crippen molar-refractivity contribution in [3.63, 3.8) is 0 Å². The maximum absolute atomic E-state index is 5.28. The van der Waals surface area contributed by atoms with E-state index in [2.05, 4.69) is 4.98 Å². The van der Waals surface area contributed by atoms with E-state index in [9.17, 15) is 0 Å². The summed E-state index contributed by atoms with van der Waals surface area (Å²) in [4.78, 5) is 4.44. The number of halogens is 1. The van der Waals surface area contributed by atoms with Crippen molar-refractivity contribution in [2.24, 2.45) is 0 Å². The zero-order valence-corrected chi connectivity index (χ0v) is 11.2. The fraction of sp³-hybridized carbons (Fsp3) is 0.308. The third-order valence-electron chi connectivity index (χ3n) is 2.65. The van der Waals surface area contributed by atoms with E-state index in [1.165, 1.54) is 0 Å². The number of ether oxygens (including phenoxy) is 2. The molecule has 0 bridgehead atoms. The molecule has 0 N–H and O–H groups in total. The van der Waals surface area contributed by atoms with Gasteiger partial charge in [0, 0.05) is 16.8 Å². The smallest absolute Gasteiger partial charge is 0.161 e. The molecule has 0 spiro atoms. The van der Waals surface area contributed by atoms with Crippen LogP contribution in [0.4, 0.5) is 0 Å². The minimum Gasteiger partial charge on any atom is -0.493 e. The first-order valence-electron chi connectivity index (χ1n) is 5.15. The summed E-state index contributed by atoms with van der Waals surface area (Å²) >= 11 is 0. The highest BCUT2D eigenvalue weighted by Crippen LogP contribution is 2.33. The van der Waals surface area contributed by atoms with Gasteiger partial charge in [-0.05, 0) is 37.4 Å². The number of fused-ring (bicyclic) bond motifs is 1. The van der Waals surface area contributed by atoms with Crippen LogP contribution in [-0.4, -0.2) is 19.2 Å². The lowest BCUT2D eigenvalue weighted by atomic mass is 10.1. The lowest BCUT2D eigenvalue weighted by Crippen LogP contribution is -1.93. The zero-order chi connectivity index (χ0) is 11.7. The van der Waals surface area contributed by atoms with Crippen molar-refractivity contribution in [2.75, 3.05) is 14.2 Å². The second-order valence-corrected chi connectivity index (χ2v) is 3.78. The van der Waals surface area contributed by atoms with Gasteiger partial charge in [-0.3, -0.25) is 4.98 Å². The van der Waals surface area contributed by atoms with Gasteiger partial charge in [0.2, 0.25) is 0 Å². The average molecular weight is 254 g/mol. The van der Waals surface area contributed by atoms with Crippen LogP contribution in [0.1, 0.15) is 11.4 Å². The molecule has 0 saturated carbocycles. The van der Waals surface area contributed by atoms with Crippen LogP contribution in [-0.2, 0) is 0 Å². The number of nitrogens with zero attached hydrogens (tertiary/aromatic N) is 1. The van der Waals surface area contributed by atoms with E-state index in [-0.39, 0.29) is 12.4 Å². The first kappa shape index (κ1) is 13.6. The fourth-order valence-electron chi connectivity index (χ4n) is 1.91. The molecule has 0 aliphatic heterocycles. The Labute approximate surface area is 107 Å². The second kappa shape index (κ2) is 5.23. The summed E-state index contributed by atoms with van der Waals surface area (Å²) < 4.78 is 10.6. The van der Waals surface area contributed by atoms with Crippen LogP contribution in [0.2, 0.25) is 0 Å². The van der Waals surface area contributed by atoms with Crippen molar-refractivity contribution >= 4 is 23.2 Å². The quantitative estimate of drug-likeness (QED) is 0.823. The largest absolute Gasteiger partial charge is 0.493 e. The lowest BCUT2D eigenvalue weighted by molar-refractivity contribution is 0.356. The molecule has 0 atom stereocenters. The van der Waals surface area contributed by atoms with Crippen LogP contribution in [0.3, 0.4) is 0 Å². The molecule has 0 saturated heterocycles. The minimum atomic E-state index is 0. The van der Waals surface area contributed by atoms with Crippen LogP contribution in [0.25, 0.3) is 10.8 Å². The van der Waals surface area contributed by atoms with Crippen molar-refractivity contribution in [2.45, 2.75) is 13.8 Å². The van der Waals surface area contributed by atoms with Crippen molar-refractivity contribution in [1.82, 2.24) is 4.98 Å². The van der Waals surface area contributed by atoms with Crippen LogP contribution in [0, 0.1) is 13.8 Å². The van der Waals surface area contributed by atoms with Crippen LogP contribution < -0.4 is 9.47 Å². The van der Waals surface area contributed by atoms with Crippen molar-refractivity contribution in [3.05, 3.63) is 29.6 Å². The molecule has 0 fully saturated rings. The minimum absolute atomic E-state index is 0. The molecule has 1 heterocycles. The van der Waals surface area contributed by atoms with Gasteiger partial charge in [0.25, 0.3) is 0 Å². The normalized spacial score (nSPS) is 9.88. The van der Waals surface area contributed by atoms with E-state index in [1.807, 2.05) is 32.0 Å². The molecule has 1 aromatic carbocycles. The Morgan fingerprint density at radius 3 is 2.12 bits per heavy atom. The summed E-state index contributed by atoms with van der Waals surface area (Å²) in [6, 6.07) is 6.00. The Morgan fingerprint density at radius 1 is 0.941 bits per heavy atom. The maximum atomic E-state index is 5.28. The molecule has 0 unspecified atom stereocenters. The van der Waals surface area contributed by atoms with Gasteiger partial charge in [0.1, 0.15) is 0 Å². The Morgan fingerprint density at radius 2 is 1.53 bits per heavy atom. The lowest BCUT2D eigenvalue weighted by Gasteiger charge is -2.10. The first-order valence-corrected chi connectivity index (χ1v) is 5.15. The number of rotatable bonds is 2. The Bertz CT molecular complexity index is 540. The van der Waals surface area contributed by atoms with E-state index in [0.29, 0.717) is 0 Å². The first-order chi connectivity index (χ1) is 7.65. The molecular weight excluding hydrogens is 238 g/mol. The SMILES string of the molecule is COc1cc2cc(C)nc(C)c2cc1OC.Cl. The molecule has 92 valence electrons. The van der Waals surface area contributed by atoms with E-state index in [4.69, 9.17) is 9.47 Å². The molecule has 0 aliphatic rings. The monoisotopic (exact) mass is 253 g/mol. The number of benzene rings is 1. The number of hydrogen-bond acceptors (Lipinski definition) is 3. The van der Waals surface area contributed by atoms with Gasteiger partial charge in [-0.1, -0.05) is 0 Å². The molecule has 3 nitrogen and oxygen atoms in total. The van der Waals surface area contributed by atoms with Crippen molar-refractivity contribution < 1.29 is 9.47 Å². The van der Waals surface area contributed by atoms with Gasteiger partial charge in [-0.25, -0.2) is 0 Å². The summed E-state index contributed by atoms with van der Waals surface area (Å²) in [6.07, 6.45) is 0. The Hall–Kier alpha value is -1.48. The molecule has 2 aromatic rings. The topological polar surface area (TPSA) is 31.4 Å². The number of methoxy groups -OCH3 is 2. The van der Waals surface area contributed by atoms with Gasteiger partial charge in [0.05, 0.1) is 14.2 Å². The van der Waals surface area contributed by atoms with Crippen LogP contribution in [0.15, 0.2) is 18.2 Å². The van der Waals surface area contributed by atoms with Gasteiger partial charge in [0.15, 0.2) is 11.5 Å². The van der Waals surface area contributed by atoms with Gasteiger partial charge in [-0.2, -0.15) is 0 Å². The fourth-order valence-corrected chi connectivity index (χ4v) is 1.91. The summed E-state index contributed by atoms with van der Waals surface area (Å²) in [5.74, 6) is 1.49. The third kappa shape index (κ3) is 2.44. The predicted molar refractivity (Wildman–Crippen MR) is 71.6 cm³/mol. The molecule has 0 aliphatic carbocycles. The number of pyridine rings is 1. The van der Waals surface area contributed by atoms with Gasteiger partial charge in [-0.15, -0.1) is 12.4 Å². The van der Waals surface area contributed by atoms with Gasteiger partial charge >= 0.3 is 0 Å². The second-order valence-electron chi connectivity index (χ2n) is 3.78. The Balaban J connectivity index is 0.00000144. The molecule has 4 heteroatoms. The summed E-state index contributed by atoms with van der Waals surface area (Å²) in [5, 5.41) is 2.23. The maximum Gasteiger partial charge on any atom is 0.161 e.